The summed E-state index contributed by atoms with van der Waals surface area (Å²) in [4.78, 5) is 40.3. The fourth-order valence-electron chi connectivity index (χ4n) is 8.83. The van der Waals surface area contributed by atoms with Gasteiger partial charge in [0, 0.05) is 12.8 Å². The van der Waals surface area contributed by atoms with E-state index in [0.717, 1.165) is 89.9 Å². The molecule has 63 heavy (non-hydrogen) atoms. The van der Waals surface area contributed by atoms with Gasteiger partial charge in [0.05, 0.1) is 13.0 Å². The minimum Gasteiger partial charge on any atom is -0.462 e. The Balaban J connectivity index is 1.26. The van der Waals surface area contributed by atoms with Gasteiger partial charge in [0.1, 0.15) is 24.4 Å². The Hall–Kier alpha value is -3.31. The quantitative estimate of drug-likeness (QED) is 0.0532. The summed E-state index contributed by atoms with van der Waals surface area (Å²) in [6.07, 6.45) is 21.5. The SMILES string of the molecule is CCCCCCCCCCC[C@@H](CC(=O)N[C@@H]1[C@@H](OC(=O)CCCCCCCCc2ccccc2)[C@@H]2OC(C)(C)OC[C@H]2O[C@H]1O)OC(=O)CCCCCCCCc1ccccc1. The molecule has 2 fully saturated rings. The van der Waals surface area contributed by atoms with Gasteiger partial charge in [-0.2, -0.15) is 0 Å². The van der Waals surface area contributed by atoms with Gasteiger partial charge in [-0.1, -0.05) is 170 Å². The van der Waals surface area contributed by atoms with E-state index in [4.69, 9.17) is 23.7 Å². The molecule has 354 valence electrons. The van der Waals surface area contributed by atoms with Crippen molar-refractivity contribution in [3.8, 4) is 0 Å². The lowest BCUT2D eigenvalue weighted by atomic mass is 9.94. The predicted octanol–water partition coefficient (Wildman–Crippen LogP) is 11.4. The number of rotatable bonds is 33. The van der Waals surface area contributed by atoms with Crippen LogP contribution in [-0.2, 0) is 50.9 Å². The number of aliphatic hydroxyl groups excluding tert-OH is 1. The predicted molar refractivity (Wildman–Crippen MR) is 249 cm³/mol. The van der Waals surface area contributed by atoms with Crippen molar-refractivity contribution in [2.24, 2.45) is 0 Å². The zero-order valence-electron chi connectivity index (χ0n) is 39.2. The Morgan fingerprint density at radius 3 is 1.73 bits per heavy atom. The van der Waals surface area contributed by atoms with E-state index in [9.17, 15) is 19.5 Å². The highest BCUT2D eigenvalue weighted by Gasteiger charge is 2.53. The molecule has 2 aromatic carbocycles. The van der Waals surface area contributed by atoms with Gasteiger partial charge in [0.25, 0.3) is 0 Å². The summed E-state index contributed by atoms with van der Waals surface area (Å²) in [7, 11) is 0. The second-order valence-corrected chi connectivity index (χ2v) is 18.6. The number of carbonyl (C=O) groups excluding carboxylic acids is 3. The van der Waals surface area contributed by atoms with Crippen molar-refractivity contribution in [1.82, 2.24) is 5.32 Å². The number of benzene rings is 2. The minimum atomic E-state index is -1.46. The van der Waals surface area contributed by atoms with Gasteiger partial charge in [-0.15, -0.1) is 0 Å². The molecule has 2 aliphatic heterocycles. The minimum absolute atomic E-state index is 0.0665. The number of amides is 1. The van der Waals surface area contributed by atoms with Gasteiger partial charge in [0.15, 0.2) is 18.2 Å². The Morgan fingerprint density at radius 1 is 0.683 bits per heavy atom. The lowest BCUT2D eigenvalue weighted by molar-refractivity contribution is -0.365. The molecule has 0 saturated carbocycles. The van der Waals surface area contributed by atoms with Crippen molar-refractivity contribution >= 4 is 17.8 Å². The molecule has 2 aliphatic rings. The zero-order chi connectivity index (χ0) is 45.0. The number of carbonyl (C=O) groups is 3. The van der Waals surface area contributed by atoms with Crippen LogP contribution in [0.15, 0.2) is 60.7 Å². The normalized spacial score (nSPS) is 21.0. The van der Waals surface area contributed by atoms with Crippen molar-refractivity contribution in [3.05, 3.63) is 71.8 Å². The van der Waals surface area contributed by atoms with Crippen molar-refractivity contribution in [2.75, 3.05) is 6.61 Å². The third-order valence-corrected chi connectivity index (χ3v) is 12.5. The lowest BCUT2D eigenvalue weighted by Crippen LogP contribution is -2.69. The molecule has 10 nitrogen and oxygen atoms in total. The summed E-state index contributed by atoms with van der Waals surface area (Å²) >= 11 is 0. The second kappa shape index (κ2) is 30.8. The first-order valence-electron chi connectivity index (χ1n) is 25.0. The standard InChI is InChI=1S/C53H83NO9/c1-4-5-6-7-8-9-10-17-28-37-44(60-47(56)38-29-18-13-11-15-22-31-42-33-24-20-25-34-42)40-46(55)54-49-51(50-45(61-52(49)58)41-59-53(2,3)63-50)62-48(57)39-30-19-14-12-16-23-32-43-35-26-21-27-36-43/h20-21,24-27,33-36,44-45,49-52,58H,4-19,22-23,28-32,37-41H2,1-3H3,(H,54,55)/t44-,45+,49+,50+,51+,52+/m0/s1. The number of esters is 2. The van der Waals surface area contributed by atoms with Crippen LogP contribution >= 0.6 is 0 Å². The molecule has 0 aliphatic carbocycles. The van der Waals surface area contributed by atoms with Crippen LogP contribution in [0.2, 0.25) is 0 Å². The maximum atomic E-state index is 13.8. The molecule has 0 radical (unpaired) electrons. The van der Waals surface area contributed by atoms with Gasteiger partial charge in [0.2, 0.25) is 5.91 Å². The summed E-state index contributed by atoms with van der Waals surface area (Å²) in [5.41, 5.74) is 2.74. The number of ether oxygens (including phenoxy) is 5. The Kier molecular flexibility index (Phi) is 25.5. The molecule has 2 saturated heterocycles. The highest BCUT2D eigenvalue weighted by atomic mass is 16.7. The summed E-state index contributed by atoms with van der Waals surface area (Å²) in [6.45, 7) is 5.92. The molecular weight excluding hydrogens is 795 g/mol. The average Bonchev–Trinajstić information content (AvgIpc) is 3.27. The maximum absolute atomic E-state index is 13.8. The fraction of sp³-hybridized carbons (Fsp3) is 0.717. The van der Waals surface area contributed by atoms with Gasteiger partial charge in [-0.3, -0.25) is 14.4 Å². The lowest BCUT2D eigenvalue weighted by Gasteiger charge is -2.49. The van der Waals surface area contributed by atoms with Crippen molar-refractivity contribution in [1.29, 1.82) is 0 Å². The van der Waals surface area contributed by atoms with Gasteiger partial charge in [-0.25, -0.2) is 0 Å². The van der Waals surface area contributed by atoms with Crippen molar-refractivity contribution in [2.45, 2.75) is 237 Å². The summed E-state index contributed by atoms with van der Waals surface area (Å²) in [6, 6.07) is 20.0. The largest absolute Gasteiger partial charge is 0.462 e. The van der Waals surface area contributed by atoms with E-state index < -0.39 is 54.4 Å². The second-order valence-electron chi connectivity index (χ2n) is 18.6. The van der Waals surface area contributed by atoms with Crippen LogP contribution in [0.3, 0.4) is 0 Å². The first-order chi connectivity index (χ1) is 30.6. The number of nitrogens with one attached hydrogen (secondary N) is 1. The molecule has 0 spiro atoms. The molecule has 0 bridgehead atoms. The van der Waals surface area contributed by atoms with E-state index in [2.05, 4.69) is 60.8 Å². The van der Waals surface area contributed by atoms with E-state index >= 15 is 0 Å². The van der Waals surface area contributed by atoms with Crippen molar-refractivity contribution < 1.29 is 43.2 Å². The summed E-state index contributed by atoms with van der Waals surface area (Å²) < 4.78 is 30.0. The van der Waals surface area contributed by atoms with E-state index in [1.165, 1.54) is 62.5 Å². The number of fused-ring (bicyclic) bond motifs is 1. The average molecular weight is 878 g/mol. The number of aryl methyl sites for hydroxylation is 2. The van der Waals surface area contributed by atoms with E-state index in [-0.39, 0.29) is 25.4 Å². The highest BCUT2D eigenvalue weighted by molar-refractivity contribution is 5.78. The van der Waals surface area contributed by atoms with Crippen LogP contribution in [0.4, 0.5) is 0 Å². The Bertz CT molecular complexity index is 1520. The van der Waals surface area contributed by atoms with Crippen LogP contribution in [0.5, 0.6) is 0 Å². The molecule has 2 N–H and O–H groups in total. The number of aliphatic hydroxyl groups is 1. The zero-order valence-corrected chi connectivity index (χ0v) is 39.2. The Labute approximate surface area is 380 Å². The molecule has 2 heterocycles. The first kappa shape index (κ1) is 52.3. The first-order valence-corrected chi connectivity index (χ1v) is 25.0. The molecule has 4 rings (SSSR count). The third kappa shape index (κ3) is 22.0. The smallest absolute Gasteiger partial charge is 0.306 e. The summed E-state index contributed by atoms with van der Waals surface area (Å²) in [5.74, 6) is -2.09. The highest BCUT2D eigenvalue weighted by Crippen LogP contribution is 2.34. The molecule has 0 aromatic heterocycles. The summed E-state index contributed by atoms with van der Waals surface area (Å²) in [5, 5.41) is 14.2. The fourth-order valence-corrected chi connectivity index (χ4v) is 8.83. The molecule has 6 atom stereocenters. The molecule has 0 unspecified atom stereocenters. The van der Waals surface area contributed by atoms with Crippen LogP contribution in [-0.4, -0.2) is 72.1 Å². The third-order valence-electron chi connectivity index (χ3n) is 12.5. The van der Waals surface area contributed by atoms with Crippen LogP contribution in [0.1, 0.15) is 192 Å². The van der Waals surface area contributed by atoms with Crippen molar-refractivity contribution in [3.63, 3.8) is 0 Å². The Morgan fingerprint density at radius 2 is 1.17 bits per heavy atom. The molecule has 1 amide bonds. The van der Waals surface area contributed by atoms with Gasteiger partial charge < -0.3 is 34.1 Å². The van der Waals surface area contributed by atoms with E-state index in [1.54, 1.807) is 13.8 Å². The van der Waals surface area contributed by atoms with E-state index in [1.807, 2.05) is 12.1 Å². The van der Waals surface area contributed by atoms with Crippen LogP contribution < -0.4 is 5.32 Å². The van der Waals surface area contributed by atoms with Gasteiger partial charge in [-0.05, 0) is 76.3 Å². The topological polar surface area (TPSA) is 130 Å². The maximum Gasteiger partial charge on any atom is 0.306 e. The van der Waals surface area contributed by atoms with Gasteiger partial charge >= 0.3 is 11.9 Å². The van der Waals surface area contributed by atoms with E-state index in [0.29, 0.717) is 19.3 Å². The number of unbranched alkanes of at least 4 members (excludes halogenated alkanes) is 18. The molecular formula is C53H83NO9. The van der Waals surface area contributed by atoms with Crippen LogP contribution in [0.25, 0.3) is 0 Å². The molecule has 10 heteroatoms. The van der Waals surface area contributed by atoms with Crippen LogP contribution in [0, 0.1) is 0 Å². The molecule has 2 aromatic rings. The number of hydrogen-bond acceptors (Lipinski definition) is 9. The number of hydrogen-bond donors (Lipinski definition) is 2. The monoisotopic (exact) mass is 878 g/mol.